The van der Waals surface area contributed by atoms with E-state index < -0.39 is 5.97 Å². The third-order valence-electron chi connectivity index (χ3n) is 1.89. The Hall–Kier alpha value is -2.63. The van der Waals surface area contributed by atoms with Gasteiger partial charge in [-0.05, 0) is 26.0 Å². The number of carboxylic acids is 1. The first-order valence-electron chi connectivity index (χ1n) is 5.90. The topological polar surface area (TPSA) is 84.2 Å². The Labute approximate surface area is 118 Å². The second-order valence-electron chi connectivity index (χ2n) is 3.91. The lowest BCUT2D eigenvalue weighted by Gasteiger charge is -2.02. The van der Waals surface area contributed by atoms with E-state index in [1.54, 1.807) is 23.2 Å². The molecule has 6 nitrogen and oxygen atoms in total. The SMILES string of the molecule is C=CC(=O)NC(C)C.C=Cn1ccnc1C=CC(=O)O. The molecular weight excluding hydrogens is 258 g/mol. The third kappa shape index (κ3) is 7.65. The summed E-state index contributed by atoms with van der Waals surface area (Å²) in [5.74, 6) is -0.555. The molecule has 6 heteroatoms. The van der Waals surface area contributed by atoms with Crippen molar-refractivity contribution >= 4 is 24.2 Å². The zero-order valence-electron chi connectivity index (χ0n) is 11.6. The summed E-state index contributed by atoms with van der Waals surface area (Å²) in [5.41, 5.74) is 0. The molecule has 1 aromatic heterocycles. The van der Waals surface area contributed by atoms with Crippen molar-refractivity contribution in [3.8, 4) is 0 Å². The molecule has 0 bridgehead atoms. The molecule has 0 saturated carbocycles. The fraction of sp³-hybridized carbons (Fsp3) is 0.214. The summed E-state index contributed by atoms with van der Waals surface area (Å²) in [7, 11) is 0. The lowest BCUT2D eigenvalue weighted by Crippen LogP contribution is -2.27. The lowest BCUT2D eigenvalue weighted by atomic mass is 10.4. The van der Waals surface area contributed by atoms with Crippen molar-refractivity contribution in [3.05, 3.63) is 43.5 Å². The van der Waals surface area contributed by atoms with Crippen molar-refractivity contribution in [1.29, 1.82) is 0 Å². The van der Waals surface area contributed by atoms with Gasteiger partial charge in [-0.3, -0.25) is 4.79 Å². The van der Waals surface area contributed by atoms with Gasteiger partial charge in [-0.25, -0.2) is 9.78 Å². The highest BCUT2D eigenvalue weighted by molar-refractivity contribution is 5.87. The number of hydrogen-bond donors (Lipinski definition) is 2. The molecule has 2 N–H and O–H groups in total. The summed E-state index contributed by atoms with van der Waals surface area (Å²) < 4.78 is 1.62. The number of nitrogens with zero attached hydrogens (tertiary/aromatic N) is 2. The molecular formula is C14H19N3O3. The number of carboxylic acid groups (broad SMARTS) is 1. The number of nitrogens with one attached hydrogen (secondary N) is 1. The molecule has 0 radical (unpaired) electrons. The number of carbonyl (C=O) groups is 2. The van der Waals surface area contributed by atoms with Crippen molar-refractivity contribution in [1.82, 2.24) is 14.9 Å². The van der Waals surface area contributed by atoms with Crippen LogP contribution in [-0.4, -0.2) is 32.6 Å². The van der Waals surface area contributed by atoms with Crippen LogP contribution in [0.4, 0.5) is 0 Å². The van der Waals surface area contributed by atoms with Crippen LogP contribution < -0.4 is 5.32 Å². The average molecular weight is 277 g/mol. The molecule has 0 aromatic carbocycles. The molecule has 0 spiro atoms. The Morgan fingerprint density at radius 1 is 1.45 bits per heavy atom. The summed E-state index contributed by atoms with van der Waals surface area (Å²) in [6, 6.07) is 0.209. The van der Waals surface area contributed by atoms with Crippen LogP contribution in [0.3, 0.4) is 0 Å². The second-order valence-corrected chi connectivity index (χ2v) is 3.91. The highest BCUT2D eigenvalue weighted by Crippen LogP contribution is 1.99. The van der Waals surface area contributed by atoms with Crippen LogP contribution >= 0.6 is 0 Å². The lowest BCUT2D eigenvalue weighted by molar-refractivity contribution is -0.131. The number of rotatable bonds is 5. The van der Waals surface area contributed by atoms with Crippen LogP contribution in [0.2, 0.25) is 0 Å². The Morgan fingerprint density at radius 2 is 2.10 bits per heavy atom. The molecule has 1 rings (SSSR count). The van der Waals surface area contributed by atoms with E-state index in [1.807, 2.05) is 13.8 Å². The number of hydrogen-bond acceptors (Lipinski definition) is 3. The standard InChI is InChI=1S/C8H8N2O2.C6H11NO/c1-2-10-6-5-9-7(10)3-4-8(11)12;1-4-6(8)7-5(2)3/h2-6H,1H2,(H,11,12);4-5H,1H2,2-3H3,(H,7,8). The van der Waals surface area contributed by atoms with E-state index in [4.69, 9.17) is 5.11 Å². The van der Waals surface area contributed by atoms with Gasteiger partial charge in [0.2, 0.25) is 5.91 Å². The number of carbonyl (C=O) groups excluding carboxylic acids is 1. The average Bonchev–Trinajstić information content (AvgIpc) is 2.83. The molecule has 0 saturated heterocycles. The van der Waals surface area contributed by atoms with Gasteiger partial charge in [-0.15, -0.1) is 0 Å². The Kier molecular flexibility index (Phi) is 8.09. The van der Waals surface area contributed by atoms with Crippen molar-refractivity contribution in [2.45, 2.75) is 19.9 Å². The number of aromatic nitrogens is 2. The summed E-state index contributed by atoms with van der Waals surface area (Å²) in [5, 5.41) is 11.0. The minimum absolute atomic E-state index is 0.111. The summed E-state index contributed by atoms with van der Waals surface area (Å²) in [6.07, 6.45) is 8.51. The quantitative estimate of drug-likeness (QED) is 0.803. The Morgan fingerprint density at radius 3 is 2.50 bits per heavy atom. The molecule has 0 fully saturated rings. The summed E-state index contributed by atoms with van der Waals surface area (Å²) >= 11 is 0. The van der Waals surface area contributed by atoms with Crippen molar-refractivity contribution < 1.29 is 14.7 Å². The molecule has 0 aliphatic carbocycles. The van der Waals surface area contributed by atoms with Crippen molar-refractivity contribution in [2.24, 2.45) is 0 Å². The number of aliphatic carboxylic acids is 1. The largest absolute Gasteiger partial charge is 0.478 e. The van der Waals surface area contributed by atoms with E-state index in [0.717, 1.165) is 6.08 Å². The number of amides is 1. The monoisotopic (exact) mass is 277 g/mol. The first-order chi connectivity index (χ1) is 9.40. The highest BCUT2D eigenvalue weighted by atomic mass is 16.4. The fourth-order valence-corrected chi connectivity index (χ4v) is 1.10. The van der Waals surface area contributed by atoms with Gasteiger partial charge in [0.25, 0.3) is 0 Å². The van der Waals surface area contributed by atoms with Gasteiger partial charge in [0.15, 0.2) is 0 Å². The van der Waals surface area contributed by atoms with Gasteiger partial charge in [0.1, 0.15) is 5.82 Å². The molecule has 108 valence electrons. The molecule has 0 aliphatic rings. The maximum atomic E-state index is 10.4. The minimum atomic E-state index is -0.992. The van der Waals surface area contributed by atoms with E-state index in [2.05, 4.69) is 23.5 Å². The summed E-state index contributed by atoms with van der Waals surface area (Å²) in [4.78, 5) is 24.4. The van der Waals surface area contributed by atoms with Gasteiger partial charge >= 0.3 is 5.97 Å². The minimum Gasteiger partial charge on any atom is -0.478 e. The molecule has 0 aliphatic heterocycles. The van der Waals surface area contributed by atoms with Crippen molar-refractivity contribution in [2.75, 3.05) is 0 Å². The Bertz CT molecular complexity index is 502. The smallest absolute Gasteiger partial charge is 0.328 e. The zero-order chi connectivity index (χ0) is 15.5. The number of imidazole rings is 1. The molecule has 0 unspecified atom stereocenters. The highest BCUT2D eigenvalue weighted by Gasteiger charge is 1.95. The van der Waals surface area contributed by atoms with Gasteiger partial charge in [-0.1, -0.05) is 13.2 Å². The van der Waals surface area contributed by atoms with Gasteiger partial charge in [-0.2, -0.15) is 0 Å². The van der Waals surface area contributed by atoms with Gasteiger partial charge < -0.3 is 15.0 Å². The normalized spacial score (nSPS) is 9.75. The first-order valence-corrected chi connectivity index (χ1v) is 5.90. The van der Waals surface area contributed by atoms with Crippen LogP contribution in [0.5, 0.6) is 0 Å². The van der Waals surface area contributed by atoms with E-state index in [9.17, 15) is 9.59 Å². The zero-order valence-corrected chi connectivity index (χ0v) is 11.6. The van der Waals surface area contributed by atoms with E-state index >= 15 is 0 Å². The van der Waals surface area contributed by atoms with E-state index in [0.29, 0.717) is 5.82 Å². The third-order valence-corrected chi connectivity index (χ3v) is 1.89. The van der Waals surface area contributed by atoms with Crippen LogP contribution in [-0.2, 0) is 9.59 Å². The molecule has 20 heavy (non-hydrogen) atoms. The molecule has 1 heterocycles. The van der Waals surface area contributed by atoms with Crippen LogP contribution in [0, 0.1) is 0 Å². The van der Waals surface area contributed by atoms with Crippen molar-refractivity contribution in [3.63, 3.8) is 0 Å². The maximum absolute atomic E-state index is 10.4. The molecule has 0 atom stereocenters. The fourth-order valence-electron chi connectivity index (χ4n) is 1.10. The second kappa shape index (κ2) is 9.32. The van der Waals surface area contributed by atoms with Crippen LogP contribution in [0.1, 0.15) is 19.7 Å². The Balaban J connectivity index is 0.000000396. The van der Waals surface area contributed by atoms with Gasteiger partial charge in [0, 0.05) is 30.7 Å². The maximum Gasteiger partial charge on any atom is 0.328 e. The first kappa shape index (κ1) is 17.4. The summed E-state index contributed by atoms with van der Waals surface area (Å²) in [6.45, 7) is 10.6. The van der Waals surface area contributed by atoms with Crippen LogP contribution in [0.25, 0.3) is 12.3 Å². The molecule has 1 amide bonds. The van der Waals surface area contributed by atoms with Crippen LogP contribution in [0.15, 0.2) is 37.7 Å². The van der Waals surface area contributed by atoms with Gasteiger partial charge in [0.05, 0.1) is 0 Å². The predicted molar refractivity (Wildman–Crippen MR) is 78.8 cm³/mol. The predicted octanol–water partition coefficient (Wildman–Crippen LogP) is 1.78. The van der Waals surface area contributed by atoms with E-state index in [-0.39, 0.29) is 11.9 Å². The van der Waals surface area contributed by atoms with E-state index in [1.165, 1.54) is 12.2 Å². The molecule has 1 aromatic rings.